The quantitative estimate of drug-likeness (QED) is 0.467. The Morgan fingerprint density at radius 2 is 2.00 bits per heavy atom. The second-order valence-corrected chi connectivity index (χ2v) is 10.5. The number of carbonyl (C=O) groups is 1. The van der Waals surface area contributed by atoms with Crippen LogP contribution in [-0.4, -0.2) is 37.8 Å². The third-order valence-electron chi connectivity index (χ3n) is 4.66. The Morgan fingerprint density at radius 3 is 2.71 bits per heavy atom. The van der Waals surface area contributed by atoms with Gasteiger partial charge in [-0.3, -0.25) is 9.52 Å². The van der Waals surface area contributed by atoms with Crippen molar-refractivity contribution in [3.8, 4) is 0 Å². The van der Waals surface area contributed by atoms with Crippen LogP contribution in [0, 0.1) is 0 Å². The molecule has 1 aliphatic heterocycles. The molecule has 1 aliphatic rings. The molecule has 0 spiro atoms. The van der Waals surface area contributed by atoms with Gasteiger partial charge in [-0.15, -0.1) is 23.1 Å². The summed E-state index contributed by atoms with van der Waals surface area (Å²) >= 11 is 2.81. The normalized spacial score (nSPS) is 16.2. The van der Waals surface area contributed by atoms with Crippen molar-refractivity contribution >= 4 is 49.8 Å². The van der Waals surface area contributed by atoms with Crippen molar-refractivity contribution in [2.24, 2.45) is 0 Å². The van der Waals surface area contributed by atoms with Crippen LogP contribution in [-0.2, 0) is 14.8 Å². The van der Waals surface area contributed by atoms with E-state index in [1.165, 1.54) is 29.7 Å². The molecule has 0 unspecified atom stereocenters. The largest absolute Gasteiger partial charge is 0.377 e. The average molecular weight is 476 g/mol. The lowest BCUT2D eigenvalue weighted by atomic mass is 10.2. The molecule has 3 aromatic rings. The lowest BCUT2D eigenvalue weighted by molar-refractivity contribution is 0.102. The molecular formula is C21H21N3O4S3. The predicted molar refractivity (Wildman–Crippen MR) is 123 cm³/mol. The molecule has 4 rings (SSSR count). The molecule has 1 amide bonds. The minimum absolute atomic E-state index is 0.0909. The molecular weight excluding hydrogens is 454 g/mol. The minimum atomic E-state index is -3.73. The third-order valence-corrected chi connectivity index (χ3v) is 8.03. The van der Waals surface area contributed by atoms with Crippen LogP contribution in [0.25, 0.3) is 0 Å². The monoisotopic (exact) mass is 475 g/mol. The van der Waals surface area contributed by atoms with Gasteiger partial charge in [-0.05, 0) is 49.2 Å². The zero-order valence-electron chi connectivity index (χ0n) is 16.5. The molecule has 0 radical (unpaired) electrons. The molecule has 1 saturated heterocycles. The number of carbonyl (C=O) groups excluding carboxylic acids is 1. The number of thioether (sulfide) groups is 1. The van der Waals surface area contributed by atoms with Crippen molar-refractivity contribution in [1.82, 2.24) is 4.98 Å². The number of amides is 1. The Balaban J connectivity index is 1.42. The van der Waals surface area contributed by atoms with Crippen LogP contribution < -0.4 is 10.0 Å². The van der Waals surface area contributed by atoms with Gasteiger partial charge in [-0.25, -0.2) is 13.4 Å². The standard InChI is InChI=1S/C21H21N3O4S3/c25-20(18-5-1-2-6-19(18)30-14-16-4-3-12-28-16)23-15-7-9-17(10-8-15)31(26,27)24-21-22-11-13-29-21/h1-2,5-11,13,16H,3-4,12,14H2,(H,22,24)(H,23,25)/t16-/m1/s1. The van der Waals surface area contributed by atoms with Gasteiger partial charge in [0.25, 0.3) is 15.9 Å². The van der Waals surface area contributed by atoms with Crippen molar-refractivity contribution in [3.05, 3.63) is 65.7 Å². The molecule has 10 heteroatoms. The molecule has 162 valence electrons. The number of ether oxygens (including phenoxy) is 1. The van der Waals surface area contributed by atoms with E-state index in [0.29, 0.717) is 16.4 Å². The van der Waals surface area contributed by atoms with Gasteiger partial charge in [-0.2, -0.15) is 0 Å². The number of thiazole rings is 1. The zero-order valence-corrected chi connectivity index (χ0v) is 18.9. The van der Waals surface area contributed by atoms with Gasteiger partial charge < -0.3 is 10.1 Å². The summed E-state index contributed by atoms with van der Waals surface area (Å²) in [5, 5.41) is 4.83. The predicted octanol–water partition coefficient (Wildman–Crippen LogP) is 4.47. The molecule has 2 heterocycles. The number of anilines is 2. The van der Waals surface area contributed by atoms with E-state index in [2.05, 4.69) is 15.0 Å². The number of hydrogen-bond donors (Lipinski definition) is 2. The van der Waals surface area contributed by atoms with E-state index in [-0.39, 0.29) is 16.9 Å². The van der Waals surface area contributed by atoms with Crippen LogP contribution in [0.5, 0.6) is 0 Å². The fourth-order valence-corrected chi connectivity index (χ4v) is 6.01. The Bertz CT molecular complexity index is 1130. The van der Waals surface area contributed by atoms with Crippen LogP contribution in [0.3, 0.4) is 0 Å². The van der Waals surface area contributed by atoms with E-state index in [1.54, 1.807) is 35.3 Å². The summed E-state index contributed by atoms with van der Waals surface area (Å²) in [7, 11) is -3.73. The molecule has 1 atom stereocenters. The second kappa shape index (κ2) is 9.82. The summed E-state index contributed by atoms with van der Waals surface area (Å²) in [5.41, 5.74) is 1.09. The summed E-state index contributed by atoms with van der Waals surface area (Å²) in [6, 6.07) is 13.5. The van der Waals surface area contributed by atoms with Crippen LogP contribution >= 0.6 is 23.1 Å². The third kappa shape index (κ3) is 5.65. The van der Waals surface area contributed by atoms with Crippen molar-refractivity contribution in [3.63, 3.8) is 0 Å². The maximum atomic E-state index is 12.8. The number of nitrogens with one attached hydrogen (secondary N) is 2. The highest BCUT2D eigenvalue weighted by atomic mass is 32.2. The Morgan fingerprint density at radius 1 is 1.19 bits per heavy atom. The molecule has 2 aromatic carbocycles. The first-order valence-corrected chi connectivity index (χ1v) is 13.0. The van der Waals surface area contributed by atoms with E-state index in [0.717, 1.165) is 30.1 Å². The van der Waals surface area contributed by atoms with E-state index in [9.17, 15) is 13.2 Å². The lowest BCUT2D eigenvalue weighted by Gasteiger charge is -2.13. The van der Waals surface area contributed by atoms with E-state index < -0.39 is 10.0 Å². The Hall–Kier alpha value is -2.40. The Labute approximate surface area is 189 Å². The van der Waals surface area contributed by atoms with Crippen LogP contribution in [0.1, 0.15) is 23.2 Å². The molecule has 0 aliphatic carbocycles. The van der Waals surface area contributed by atoms with Crippen molar-refractivity contribution in [2.75, 3.05) is 22.4 Å². The fourth-order valence-electron chi connectivity index (χ4n) is 3.10. The van der Waals surface area contributed by atoms with Gasteiger partial charge in [0, 0.05) is 34.5 Å². The summed E-state index contributed by atoms with van der Waals surface area (Å²) in [5.74, 6) is 0.565. The summed E-state index contributed by atoms with van der Waals surface area (Å²) < 4.78 is 33.0. The van der Waals surface area contributed by atoms with Gasteiger partial charge >= 0.3 is 0 Å². The molecule has 0 bridgehead atoms. The topological polar surface area (TPSA) is 97.4 Å². The summed E-state index contributed by atoms with van der Waals surface area (Å²) in [6.45, 7) is 0.804. The highest BCUT2D eigenvalue weighted by Crippen LogP contribution is 2.27. The van der Waals surface area contributed by atoms with Crippen molar-refractivity contribution in [1.29, 1.82) is 0 Å². The first kappa shape index (κ1) is 21.8. The first-order chi connectivity index (χ1) is 15.0. The summed E-state index contributed by atoms with van der Waals surface area (Å²) in [6.07, 6.45) is 3.89. The van der Waals surface area contributed by atoms with E-state index >= 15 is 0 Å². The van der Waals surface area contributed by atoms with E-state index in [1.807, 2.05) is 18.2 Å². The number of benzene rings is 2. The fraction of sp³-hybridized carbons (Fsp3) is 0.238. The smallest absolute Gasteiger partial charge is 0.263 e. The van der Waals surface area contributed by atoms with Crippen molar-refractivity contribution in [2.45, 2.75) is 28.7 Å². The number of hydrogen-bond acceptors (Lipinski definition) is 7. The summed E-state index contributed by atoms with van der Waals surface area (Å²) in [4.78, 5) is 17.7. The number of nitrogens with zero attached hydrogens (tertiary/aromatic N) is 1. The lowest BCUT2D eigenvalue weighted by Crippen LogP contribution is -2.15. The molecule has 0 saturated carbocycles. The van der Waals surface area contributed by atoms with Gasteiger partial charge in [0.1, 0.15) is 0 Å². The molecule has 2 N–H and O–H groups in total. The van der Waals surface area contributed by atoms with Gasteiger partial charge in [0.15, 0.2) is 5.13 Å². The van der Waals surface area contributed by atoms with Crippen molar-refractivity contribution < 1.29 is 17.9 Å². The average Bonchev–Trinajstić information content (AvgIpc) is 3.47. The van der Waals surface area contributed by atoms with Gasteiger partial charge in [0.05, 0.1) is 16.6 Å². The zero-order chi connectivity index (χ0) is 21.7. The number of aromatic nitrogens is 1. The highest BCUT2D eigenvalue weighted by Gasteiger charge is 2.19. The molecule has 31 heavy (non-hydrogen) atoms. The van der Waals surface area contributed by atoms with Crippen LogP contribution in [0.4, 0.5) is 10.8 Å². The Kier molecular flexibility index (Phi) is 6.91. The van der Waals surface area contributed by atoms with Gasteiger partial charge in [-0.1, -0.05) is 12.1 Å². The molecule has 1 aromatic heterocycles. The highest BCUT2D eigenvalue weighted by molar-refractivity contribution is 7.99. The van der Waals surface area contributed by atoms with E-state index in [4.69, 9.17) is 4.74 Å². The maximum Gasteiger partial charge on any atom is 0.263 e. The molecule has 1 fully saturated rings. The number of rotatable bonds is 8. The van der Waals surface area contributed by atoms with Crippen LogP contribution in [0.15, 0.2) is 69.9 Å². The van der Waals surface area contributed by atoms with Gasteiger partial charge in [0.2, 0.25) is 0 Å². The minimum Gasteiger partial charge on any atom is -0.377 e. The molecule has 7 nitrogen and oxygen atoms in total. The maximum absolute atomic E-state index is 12.8. The SMILES string of the molecule is O=C(Nc1ccc(S(=O)(=O)Nc2nccs2)cc1)c1ccccc1SC[C@H]1CCCO1. The van der Waals surface area contributed by atoms with Crippen LogP contribution in [0.2, 0.25) is 0 Å². The second-order valence-electron chi connectivity index (χ2n) is 6.86. The first-order valence-electron chi connectivity index (χ1n) is 9.68. The number of sulfonamides is 1.